The number of nitrogens with one attached hydrogen (secondary N) is 1. The summed E-state index contributed by atoms with van der Waals surface area (Å²) in [5.74, 6) is -0.396. The van der Waals surface area contributed by atoms with Crippen LogP contribution in [-0.2, 0) is 11.3 Å². The lowest BCUT2D eigenvalue weighted by Crippen LogP contribution is -2.35. The first kappa shape index (κ1) is 14.4. The fourth-order valence-electron chi connectivity index (χ4n) is 1.75. The number of benzene rings is 1. The molecule has 1 rings (SSSR count). The first-order chi connectivity index (χ1) is 8.56. The Balaban J connectivity index is 2.72. The number of amides is 1. The second-order valence-corrected chi connectivity index (χ2v) is 4.23. The van der Waals surface area contributed by atoms with Crippen LogP contribution in [0, 0.1) is 5.82 Å². The summed E-state index contributed by atoms with van der Waals surface area (Å²) in [5, 5.41) is 2.57. The first-order valence-corrected chi connectivity index (χ1v) is 6.03. The monoisotopic (exact) mass is 253 g/mol. The third-order valence-electron chi connectivity index (χ3n) is 2.66. The van der Waals surface area contributed by atoms with Crippen LogP contribution in [0.15, 0.2) is 18.2 Å². The molecule has 0 saturated heterocycles. The molecule has 0 aliphatic rings. The molecule has 100 valence electrons. The summed E-state index contributed by atoms with van der Waals surface area (Å²) in [6.07, 6.45) is 0.910. The molecule has 0 unspecified atom stereocenters. The van der Waals surface area contributed by atoms with Crippen LogP contribution in [0.3, 0.4) is 0 Å². The summed E-state index contributed by atoms with van der Waals surface area (Å²) >= 11 is 0. The van der Waals surface area contributed by atoms with Crippen LogP contribution >= 0.6 is 0 Å². The number of carbonyl (C=O) groups excluding carboxylic acids is 1. The van der Waals surface area contributed by atoms with Crippen LogP contribution in [0.25, 0.3) is 0 Å². The number of likely N-dealkylation sites (N-methyl/N-ethyl adjacent to an activating group) is 1. The lowest BCUT2D eigenvalue weighted by Gasteiger charge is -2.21. The topological polar surface area (TPSA) is 58.4 Å². The zero-order valence-electron chi connectivity index (χ0n) is 10.9. The van der Waals surface area contributed by atoms with Crippen LogP contribution in [-0.4, -0.2) is 30.9 Å². The van der Waals surface area contributed by atoms with Gasteiger partial charge in [0, 0.05) is 24.8 Å². The minimum atomic E-state index is -0.326. The molecule has 0 bridgehead atoms. The molecule has 0 saturated carbocycles. The minimum absolute atomic E-state index is 0.0701. The molecule has 0 aromatic heterocycles. The van der Waals surface area contributed by atoms with Crippen molar-refractivity contribution < 1.29 is 9.18 Å². The van der Waals surface area contributed by atoms with Crippen LogP contribution in [0.4, 0.5) is 10.1 Å². The van der Waals surface area contributed by atoms with Gasteiger partial charge in [-0.3, -0.25) is 9.69 Å². The zero-order valence-corrected chi connectivity index (χ0v) is 10.9. The lowest BCUT2D eigenvalue weighted by atomic mass is 10.1. The maximum atomic E-state index is 13.7. The van der Waals surface area contributed by atoms with E-state index in [1.165, 1.54) is 6.07 Å². The van der Waals surface area contributed by atoms with Gasteiger partial charge >= 0.3 is 0 Å². The highest BCUT2D eigenvalue weighted by molar-refractivity contribution is 5.77. The van der Waals surface area contributed by atoms with Crippen molar-refractivity contribution in [1.29, 1.82) is 0 Å². The SMILES string of the molecule is CCCN(CC(=O)NC)Cc1ccc(N)cc1F. The highest BCUT2D eigenvalue weighted by Gasteiger charge is 2.12. The van der Waals surface area contributed by atoms with Gasteiger partial charge in [-0.1, -0.05) is 13.0 Å². The molecule has 4 nitrogen and oxygen atoms in total. The van der Waals surface area contributed by atoms with Crippen LogP contribution < -0.4 is 11.1 Å². The van der Waals surface area contributed by atoms with E-state index in [9.17, 15) is 9.18 Å². The molecule has 0 fully saturated rings. The molecule has 5 heteroatoms. The summed E-state index contributed by atoms with van der Waals surface area (Å²) in [6, 6.07) is 4.64. The Morgan fingerprint density at radius 1 is 1.50 bits per heavy atom. The number of nitrogens with two attached hydrogens (primary N) is 1. The predicted octanol–water partition coefficient (Wildman–Crippen LogP) is 1.37. The van der Waals surface area contributed by atoms with Crippen LogP contribution in [0.5, 0.6) is 0 Å². The third kappa shape index (κ3) is 4.33. The van der Waals surface area contributed by atoms with Gasteiger partial charge in [0.2, 0.25) is 5.91 Å². The molecule has 0 radical (unpaired) electrons. The number of carbonyl (C=O) groups is 1. The van der Waals surface area contributed by atoms with Gasteiger partial charge < -0.3 is 11.1 Å². The number of rotatable bonds is 6. The number of anilines is 1. The summed E-state index contributed by atoms with van der Waals surface area (Å²) < 4.78 is 13.7. The average Bonchev–Trinajstić information content (AvgIpc) is 2.32. The lowest BCUT2D eigenvalue weighted by molar-refractivity contribution is -0.121. The van der Waals surface area contributed by atoms with E-state index < -0.39 is 0 Å². The van der Waals surface area contributed by atoms with Crippen molar-refractivity contribution in [1.82, 2.24) is 10.2 Å². The van der Waals surface area contributed by atoms with Gasteiger partial charge in [-0.2, -0.15) is 0 Å². The van der Waals surface area contributed by atoms with Crippen molar-refractivity contribution in [3.05, 3.63) is 29.6 Å². The average molecular weight is 253 g/mol. The zero-order chi connectivity index (χ0) is 13.5. The number of nitrogens with zero attached hydrogens (tertiary/aromatic N) is 1. The van der Waals surface area contributed by atoms with E-state index in [2.05, 4.69) is 5.32 Å². The summed E-state index contributed by atoms with van der Waals surface area (Å²) in [7, 11) is 1.59. The molecule has 0 aliphatic heterocycles. The Hall–Kier alpha value is -1.62. The summed E-state index contributed by atoms with van der Waals surface area (Å²) in [5.41, 5.74) is 6.47. The number of hydrogen-bond donors (Lipinski definition) is 2. The molecular formula is C13H20FN3O. The van der Waals surface area contributed by atoms with E-state index in [0.717, 1.165) is 13.0 Å². The van der Waals surface area contributed by atoms with Gasteiger partial charge in [0.05, 0.1) is 6.54 Å². The maximum absolute atomic E-state index is 13.7. The molecule has 3 N–H and O–H groups in total. The Labute approximate surface area is 107 Å². The molecule has 0 heterocycles. The van der Waals surface area contributed by atoms with E-state index in [1.807, 2.05) is 11.8 Å². The van der Waals surface area contributed by atoms with Crippen molar-refractivity contribution in [2.45, 2.75) is 19.9 Å². The van der Waals surface area contributed by atoms with Gasteiger partial charge in [-0.15, -0.1) is 0 Å². The first-order valence-electron chi connectivity index (χ1n) is 6.03. The molecule has 0 aliphatic carbocycles. The second-order valence-electron chi connectivity index (χ2n) is 4.23. The van der Waals surface area contributed by atoms with Crippen LogP contribution in [0.1, 0.15) is 18.9 Å². The predicted molar refractivity (Wildman–Crippen MR) is 70.4 cm³/mol. The van der Waals surface area contributed by atoms with Crippen LogP contribution in [0.2, 0.25) is 0 Å². The smallest absolute Gasteiger partial charge is 0.233 e. The minimum Gasteiger partial charge on any atom is -0.399 e. The Morgan fingerprint density at radius 2 is 2.22 bits per heavy atom. The van der Waals surface area contributed by atoms with E-state index in [-0.39, 0.29) is 18.3 Å². The van der Waals surface area contributed by atoms with E-state index in [4.69, 9.17) is 5.73 Å². The van der Waals surface area contributed by atoms with Crippen molar-refractivity contribution in [3.8, 4) is 0 Å². The normalized spacial score (nSPS) is 10.7. The Bertz CT molecular complexity index is 409. The quantitative estimate of drug-likeness (QED) is 0.753. The van der Waals surface area contributed by atoms with Gasteiger partial charge in [0.1, 0.15) is 5.82 Å². The molecular weight excluding hydrogens is 233 g/mol. The summed E-state index contributed by atoms with van der Waals surface area (Å²) in [4.78, 5) is 13.3. The van der Waals surface area contributed by atoms with E-state index in [0.29, 0.717) is 17.8 Å². The second kappa shape index (κ2) is 6.96. The molecule has 0 atom stereocenters. The van der Waals surface area contributed by atoms with Crippen molar-refractivity contribution >= 4 is 11.6 Å². The number of nitrogen functional groups attached to an aromatic ring is 1. The van der Waals surface area contributed by atoms with Gasteiger partial charge in [0.25, 0.3) is 0 Å². The van der Waals surface area contributed by atoms with Crippen molar-refractivity contribution in [3.63, 3.8) is 0 Å². The van der Waals surface area contributed by atoms with Gasteiger partial charge in [-0.25, -0.2) is 4.39 Å². The molecule has 0 spiro atoms. The molecule has 18 heavy (non-hydrogen) atoms. The number of hydrogen-bond acceptors (Lipinski definition) is 3. The Kier molecular flexibility index (Phi) is 5.58. The van der Waals surface area contributed by atoms with Crippen molar-refractivity contribution in [2.75, 3.05) is 25.9 Å². The molecule has 1 amide bonds. The standard InChI is InChI=1S/C13H20FN3O/c1-3-6-17(9-13(18)16-2)8-10-4-5-11(15)7-12(10)14/h4-5,7H,3,6,8-9,15H2,1-2H3,(H,16,18). The summed E-state index contributed by atoms with van der Waals surface area (Å²) in [6.45, 7) is 3.45. The maximum Gasteiger partial charge on any atom is 0.233 e. The highest BCUT2D eigenvalue weighted by atomic mass is 19.1. The molecule has 1 aromatic carbocycles. The van der Waals surface area contributed by atoms with E-state index >= 15 is 0 Å². The largest absolute Gasteiger partial charge is 0.399 e. The fraction of sp³-hybridized carbons (Fsp3) is 0.462. The molecule has 1 aromatic rings. The number of halogens is 1. The van der Waals surface area contributed by atoms with E-state index in [1.54, 1.807) is 19.2 Å². The van der Waals surface area contributed by atoms with Crippen molar-refractivity contribution in [2.24, 2.45) is 0 Å². The third-order valence-corrected chi connectivity index (χ3v) is 2.66. The highest BCUT2D eigenvalue weighted by Crippen LogP contribution is 2.14. The fourth-order valence-corrected chi connectivity index (χ4v) is 1.75. The van der Waals surface area contributed by atoms with Gasteiger partial charge in [-0.05, 0) is 25.1 Å². The Morgan fingerprint density at radius 3 is 2.78 bits per heavy atom. The van der Waals surface area contributed by atoms with Gasteiger partial charge in [0.15, 0.2) is 0 Å².